The number of rotatable bonds is 3. The maximum absolute atomic E-state index is 11.7. The Morgan fingerprint density at radius 1 is 1.39 bits per heavy atom. The average molecular weight is 312 g/mol. The van der Waals surface area contributed by atoms with E-state index < -0.39 is 5.97 Å². The first kappa shape index (κ1) is 13.9. The monoisotopic (exact) mass is 312 g/mol. The predicted octanol–water partition coefficient (Wildman–Crippen LogP) is 2.82. The molecule has 0 spiro atoms. The van der Waals surface area contributed by atoms with Gasteiger partial charge in [-0.2, -0.15) is 5.10 Å². The fourth-order valence-electron chi connectivity index (χ4n) is 3.01. The van der Waals surface area contributed by atoms with Crippen LogP contribution in [0.1, 0.15) is 46.2 Å². The lowest BCUT2D eigenvalue weighted by atomic mass is 10.0. The van der Waals surface area contributed by atoms with Crippen molar-refractivity contribution < 1.29 is 14.4 Å². The zero-order chi connectivity index (χ0) is 16.3. The van der Waals surface area contributed by atoms with E-state index in [2.05, 4.69) is 15.2 Å². The number of carboxylic acid groups (broad SMARTS) is 1. The van der Waals surface area contributed by atoms with Gasteiger partial charge in [-0.15, -0.1) is 0 Å². The Kier molecular flexibility index (Phi) is 2.81. The molecule has 4 rings (SSSR count). The minimum absolute atomic E-state index is 0.191. The molecule has 1 N–H and O–H groups in total. The SMILES string of the molecule is Cc1nn(C)c(C)c1-c1noc2nc(C3CC3)cc(C(=O)O)c12. The second-order valence-electron chi connectivity index (χ2n) is 6.05. The molecule has 7 nitrogen and oxygen atoms in total. The van der Waals surface area contributed by atoms with Gasteiger partial charge in [-0.25, -0.2) is 9.78 Å². The normalized spacial score (nSPS) is 14.6. The van der Waals surface area contributed by atoms with E-state index in [0.29, 0.717) is 17.0 Å². The molecule has 0 aliphatic heterocycles. The molecular formula is C16H16N4O3. The summed E-state index contributed by atoms with van der Waals surface area (Å²) in [5, 5.41) is 18.6. The number of hydrogen-bond acceptors (Lipinski definition) is 5. The molecule has 0 amide bonds. The minimum Gasteiger partial charge on any atom is -0.478 e. The third-order valence-electron chi connectivity index (χ3n) is 4.44. The number of carbonyl (C=O) groups is 1. The van der Waals surface area contributed by atoms with Crippen LogP contribution in [0.5, 0.6) is 0 Å². The maximum Gasteiger partial charge on any atom is 0.336 e. The summed E-state index contributed by atoms with van der Waals surface area (Å²) in [4.78, 5) is 16.2. The van der Waals surface area contributed by atoms with Gasteiger partial charge in [0.25, 0.3) is 5.71 Å². The van der Waals surface area contributed by atoms with Crippen LogP contribution in [0.15, 0.2) is 10.6 Å². The van der Waals surface area contributed by atoms with Crippen molar-refractivity contribution in [3.63, 3.8) is 0 Å². The van der Waals surface area contributed by atoms with Gasteiger partial charge in [0, 0.05) is 29.9 Å². The van der Waals surface area contributed by atoms with Crippen molar-refractivity contribution in [1.82, 2.24) is 19.9 Å². The minimum atomic E-state index is -0.997. The highest BCUT2D eigenvalue weighted by Gasteiger charge is 2.30. The number of fused-ring (bicyclic) bond motifs is 1. The zero-order valence-corrected chi connectivity index (χ0v) is 13.1. The number of aryl methyl sites for hydroxylation is 2. The lowest BCUT2D eigenvalue weighted by Crippen LogP contribution is -2.01. The predicted molar refractivity (Wildman–Crippen MR) is 82.4 cm³/mol. The Morgan fingerprint density at radius 2 is 2.13 bits per heavy atom. The van der Waals surface area contributed by atoms with Crippen molar-refractivity contribution >= 4 is 17.1 Å². The highest BCUT2D eigenvalue weighted by molar-refractivity contribution is 6.07. The van der Waals surface area contributed by atoms with Crippen molar-refractivity contribution in [2.75, 3.05) is 0 Å². The summed E-state index contributed by atoms with van der Waals surface area (Å²) in [7, 11) is 1.84. The van der Waals surface area contributed by atoms with E-state index in [1.54, 1.807) is 10.7 Å². The Balaban J connectivity index is 2.03. The van der Waals surface area contributed by atoms with Crippen LogP contribution >= 0.6 is 0 Å². The van der Waals surface area contributed by atoms with E-state index in [9.17, 15) is 9.90 Å². The summed E-state index contributed by atoms with van der Waals surface area (Å²) in [5.41, 5.74) is 4.23. The summed E-state index contributed by atoms with van der Waals surface area (Å²) in [6, 6.07) is 1.66. The van der Waals surface area contributed by atoms with Gasteiger partial charge in [0.15, 0.2) is 0 Å². The molecule has 3 aromatic rings. The van der Waals surface area contributed by atoms with Gasteiger partial charge >= 0.3 is 5.97 Å². The molecular weight excluding hydrogens is 296 g/mol. The first-order valence-electron chi connectivity index (χ1n) is 7.51. The Bertz CT molecular complexity index is 950. The molecule has 0 unspecified atom stereocenters. The Hall–Kier alpha value is -2.70. The Labute approximate surface area is 131 Å². The zero-order valence-electron chi connectivity index (χ0n) is 13.1. The van der Waals surface area contributed by atoms with Crippen molar-refractivity contribution in [2.24, 2.45) is 7.05 Å². The number of nitrogens with zero attached hydrogens (tertiary/aromatic N) is 4. The number of aromatic nitrogens is 4. The molecule has 3 heterocycles. The second-order valence-corrected chi connectivity index (χ2v) is 6.05. The molecule has 0 atom stereocenters. The van der Waals surface area contributed by atoms with Crippen molar-refractivity contribution in [1.29, 1.82) is 0 Å². The van der Waals surface area contributed by atoms with Gasteiger partial charge in [0.1, 0.15) is 5.69 Å². The van der Waals surface area contributed by atoms with Crippen LogP contribution in [0.25, 0.3) is 22.4 Å². The first-order valence-corrected chi connectivity index (χ1v) is 7.51. The maximum atomic E-state index is 11.7. The van der Waals surface area contributed by atoms with E-state index in [-0.39, 0.29) is 11.3 Å². The van der Waals surface area contributed by atoms with Gasteiger partial charge in [0.2, 0.25) is 0 Å². The lowest BCUT2D eigenvalue weighted by molar-refractivity contribution is 0.0699. The molecule has 0 bridgehead atoms. The number of aromatic carboxylic acids is 1. The molecule has 23 heavy (non-hydrogen) atoms. The molecule has 7 heteroatoms. The summed E-state index contributed by atoms with van der Waals surface area (Å²) < 4.78 is 7.12. The molecule has 1 fully saturated rings. The first-order chi connectivity index (χ1) is 11.0. The summed E-state index contributed by atoms with van der Waals surface area (Å²) in [5.74, 6) is -0.657. The van der Waals surface area contributed by atoms with Crippen LogP contribution in [0.2, 0.25) is 0 Å². The molecule has 1 aliphatic carbocycles. The third kappa shape index (κ3) is 2.03. The van der Waals surface area contributed by atoms with E-state index >= 15 is 0 Å². The van der Waals surface area contributed by atoms with E-state index in [1.807, 2.05) is 20.9 Å². The number of hydrogen-bond donors (Lipinski definition) is 1. The summed E-state index contributed by atoms with van der Waals surface area (Å²) in [6.07, 6.45) is 2.08. The number of pyridine rings is 1. The van der Waals surface area contributed by atoms with Crippen LogP contribution in [0.3, 0.4) is 0 Å². The summed E-state index contributed by atoms with van der Waals surface area (Å²) in [6.45, 7) is 3.79. The van der Waals surface area contributed by atoms with E-state index in [4.69, 9.17) is 4.52 Å². The summed E-state index contributed by atoms with van der Waals surface area (Å²) >= 11 is 0. The van der Waals surface area contributed by atoms with Crippen molar-refractivity contribution in [3.8, 4) is 11.3 Å². The molecule has 0 aromatic carbocycles. The smallest absolute Gasteiger partial charge is 0.336 e. The van der Waals surface area contributed by atoms with Crippen LogP contribution in [0, 0.1) is 13.8 Å². The molecule has 0 radical (unpaired) electrons. The van der Waals surface area contributed by atoms with Crippen molar-refractivity contribution in [2.45, 2.75) is 32.6 Å². The lowest BCUT2D eigenvalue weighted by Gasteiger charge is -2.03. The highest BCUT2D eigenvalue weighted by atomic mass is 16.5. The largest absolute Gasteiger partial charge is 0.478 e. The fraction of sp³-hybridized carbons (Fsp3) is 0.375. The highest BCUT2D eigenvalue weighted by Crippen LogP contribution is 2.41. The van der Waals surface area contributed by atoms with Gasteiger partial charge in [0.05, 0.1) is 16.6 Å². The molecule has 118 valence electrons. The van der Waals surface area contributed by atoms with Crippen LogP contribution in [0.4, 0.5) is 0 Å². The van der Waals surface area contributed by atoms with Gasteiger partial charge in [-0.05, 0) is 32.8 Å². The third-order valence-corrected chi connectivity index (χ3v) is 4.44. The standard InChI is InChI=1S/C16H16N4O3/c1-7-12(8(2)20(3)18-7)14-13-10(16(21)22)6-11(9-4-5-9)17-15(13)23-19-14/h6,9H,4-5H2,1-3H3,(H,21,22). The Morgan fingerprint density at radius 3 is 2.70 bits per heavy atom. The van der Waals surface area contributed by atoms with Gasteiger partial charge in [-0.1, -0.05) is 5.16 Å². The van der Waals surface area contributed by atoms with Gasteiger partial charge < -0.3 is 9.63 Å². The average Bonchev–Trinajstić information content (AvgIpc) is 3.22. The van der Waals surface area contributed by atoms with Crippen LogP contribution in [-0.2, 0) is 7.05 Å². The van der Waals surface area contributed by atoms with Gasteiger partial charge in [-0.3, -0.25) is 4.68 Å². The van der Waals surface area contributed by atoms with E-state index in [1.165, 1.54) is 0 Å². The van der Waals surface area contributed by atoms with Crippen LogP contribution < -0.4 is 0 Å². The number of carboxylic acids is 1. The second kappa shape index (κ2) is 4.65. The quantitative estimate of drug-likeness (QED) is 0.799. The topological polar surface area (TPSA) is 94.0 Å². The van der Waals surface area contributed by atoms with E-state index in [0.717, 1.165) is 35.5 Å². The molecule has 1 saturated carbocycles. The fourth-order valence-corrected chi connectivity index (χ4v) is 3.01. The van der Waals surface area contributed by atoms with Crippen LogP contribution in [-0.4, -0.2) is 31.0 Å². The molecule has 3 aromatic heterocycles. The van der Waals surface area contributed by atoms with Crippen molar-refractivity contribution in [3.05, 3.63) is 28.7 Å². The molecule has 0 saturated heterocycles. The molecule has 1 aliphatic rings.